The van der Waals surface area contributed by atoms with Crippen LogP contribution in [0.1, 0.15) is 24.8 Å². The Balaban J connectivity index is 2.27. The number of hydrogen-bond acceptors (Lipinski definition) is 2. The van der Waals surface area contributed by atoms with Gasteiger partial charge in [-0.15, -0.1) is 0 Å². The van der Waals surface area contributed by atoms with E-state index in [1.807, 2.05) is 0 Å². The van der Waals surface area contributed by atoms with E-state index in [1.54, 1.807) is 0 Å². The highest BCUT2D eigenvalue weighted by atomic mass is 32.2. The average Bonchev–Trinajstić information content (AvgIpc) is 2.23. The fourth-order valence-electron chi connectivity index (χ4n) is 1.65. The van der Waals surface area contributed by atoms with Crippen molar-refractivity contribution in [2.24, 2.45) is 0 Å². The van der Waals surface area contributed by atoms with Gasteiger partial charge >= 0.3 is 6.18 Å². The minimum absolute atomic E-state index is 0.149. The Kier molecular flexibility index (Phi) is 3.37. The molecule has 0 heterocycles. The molecule has 7 heteroatoms. The molecular weight excluding hydrogens is 267 g/mol. The molecule has 0 spiro atoms. The molecule has 1 fully saturated rings. The minimum Gasteiger partial charge on any atom is -0.208 e. The van der Waals surface area contributed by atoms with Gasteiger partial charge in [-0.3, -0.25) is 0 Å². The second kappa shape index (κ2) is 4.55. The number of hydrogen-bond donors (Lipinski definition) is 1. The summed E-state index contributed by atoms with van der Waals surface area (Å²) in [5.41, 5.74) is -0.959. The summed E-state index contributed by atoms with van der Waals surface area (Å²) < 4.78 is 63.5. The van der Waals surface area contributed by atoms with Crippen molar-refractivity contribution in [3.8, 4) is 0 Å². The van der Waals surface area contributed by atoms with Gasteiger partial charge in [0.15, 0.2) is 0 Å². The molecule has 1 aromatic carbocycles. The fraction of sp³-hybridized carbons (Fsp3) is 0.455. The number of nitrogens with one attached hydrogen (secondary N) is 1. The Hall–Kier alpha value is -1.08. The summed E-state index contributed by atoms with van der Waals surface area (Å²) in [6, 6.07) is 3.61. The summed E-state index contributed by atoms with van der Waals surface area (Å²) >= 11 is 0. The minimum atomic E-state index is -4.54. The third-order valence-electron chi connectivity index (χ3n) is 2.90. The number of rotatable bonds is 3. The normalized spacial score (nSPS) is 17.5. The Morgan fingerprint density at radius 2 is 1.89 bits per heavy atom. The van der Waals surface area contributed by atoms with Gasteiger partial charge in [0.25, 0.3) is 0 Å². The smallest absolute Gasteiger partial charge is 0.208 e. The van der Waals surface area contributed by atoms with Crippen LogP contribution in [0.4, 0.5) is 13.2 Å². The van der Waals surface area contributed by atoms with Gasteiger partial charge in [0.05, 0.1) is 10.5 Å². The number of halogens is 3. The first kappa shape index (κ1) is 13.4. The summed E-state index contributed by atoms with van der Waals surface area (Å²) in [4.78, 5) is -0.343. The zero-order chi connectivity index (χ0) is 13.4. The van der Waals surface area contributed by atoms with Crippen LogP contribution in [0.15, 0.2) is 29.2 Å². The number of alkyl halides is 3. The van der Waals surface area contributed by atoms with Crippen molar-refractivity contribution in [1.29, 1.82) is 0 Å². The highest BCUT2D eigenvalue weighted by Gasteiger charge is 2.32. The molecule has 2 rings (SSSR count). The van der Waals surface area contributed by atoms with Crippen LogP contribution in [0.5, 0.6) is 0 Å². The monoisotopic (exact) mass is 279 g/mol. The molecule has 0 unspecified atom stereocenters. The van der Waals surface area contributed by atoms with Crippen LogP contribution in [0.3, 0.4) is 0 Å². The first-order valence-electron chi connectivity index (χ1n) is 5.49. The van der Waals surface area contributed by atoms with Crippen molar-refractivity contribution in [2.75, 3.05) is 0 Å². The van der Waals surface area contributed by atoms with Crippen molar-refractivity contribution < 1.29 is 21.6 Å². The summed E-state index contributed by atoms with van der Waals surface area (Å²) in [5, 5.41) is 0. The van der Waals surface area contributed by atoms with Crippen LogP contribution in [-0.2, 0) is 16.2 Å². The zero-order valence-electron chi connectivity index (χ0n) is 9.37. The van der Waals surface area contributed by atoms with Crippen LogP contribution in [0.25, 0.3) is 0 Å². The molecular formula is C11H12F3NO2S. The lowest BCUT2D eigenvalue weighted by Crippen LogP contribution is -2.39. The van der Waals surface area contributed by atoms with Gasteiger partial charge in [-0.25, -0.2) is 13.1 Å². The van der Waals surface area contributed by atoms with Gasteiger partial charge in [0, 0.05) is 6.04 Å². The van der Waals surface area contributed by atoms with Crippen LogP contribution in [0, 0.1) is 0 Å². The first-order chi connectivity index (χ1) is 8.29. The van der Waals surface area contributed by atoms with Crippen molar-refractivity contribution >= 4 is 10.0 Å². The molecule has 1 N–H and O–H groups in total. The van der Waals surface area contributed by atoms with Gasteiger partial charge < -0.3 is 0 Å². The molecule has 1 aromatic rings. The maximum atomic E-state index is 12.5. The summed E-state index contributed by atoms with van der Waals surface area (Å²) in [6.45, 7) is 0. The summed E-state index contributed by atoms with van der Waals surface area (Å²) in [5.74, 6) is 0. The van der Waals surface area contributed by atoms with E-state index in [4.69, 9.17) is 0 Å². The lowest BCUT2D eigenvalue weighted by atomic mass is 9.94. The Bertz CT molecular complexity index is 535. The maximum Gasteiger partial charge on any atom is 0.416 e. The van der Waals surface area contributed by atoms with Gasteiger partial charge in [-0.05, 0) is 31.0 Å². The van der Waals surface area contributed by atoms with Gasteiger partial charge in [-0.1, -0.05) is 12.5 Å². The fourth-order valence-corrected chi connectivity index (χ4v) is 3.00. The molecule has 0 aliphatic heterocycles. The lowest BCUT2D eigenvalue weighted by Gasteiger charge is -2.26. The molecule has 0 saturated heterocycles. The third-order valence-corrected chi connectivity index (χ3v) is 4.42. The van der Waals surface area contributed by atoms with Crippen molar-refractivity contribution in [3.63, 3.8) is 0 Å². The molecule has 0 radical (unpaired) electrons. The summed E-state index contributed by atoms with van der Waals surface area (Å²) in [7, 11) is -3.85. The van der Waals surface area contributed by atoms with E-state index >= 15 is 0 Å². The van der Waals surface area contributed by atoms with Gasteiger partial charge in [-0.2, -0.15) is 13.2 Å². The number of benzene rings is 1. The molecule has 1 aliphatic rings. The average molecular weight is 279 g/mol. The van der Waals surface area contributed by atoms with Crippen LogP contribution >= 0.6 is 0 Å². The molecule has 18 heavy (non-hydrogen) atoms. The first-order valence-corrected chi connectivity index (χ1v) is 6.97. The molecule has 1 saturated carbocycles. The second-order valence-electron chi connectivity index (χ2n) is 4.27. The van der Waals surface area contributed by atoms with E-state index in [9.17, 15) is 21.6 Å². The topological polar surface area (TPSA) is 46.2 Å². The summed E-state index contributed by atoms with van der Waals surface area (Å²) in [6.07, 6.45) is -2.13. The highest BCUT2D eigenvalue weighted by Crippen LogP contribution is 2.30. The third kappa shape index (κ3) is 2.84. The standard InChI is InChI=1S/C11H12F3NO2S/c12-11(13,14)8-3-1-6-10(7-8)18(16,17)15-9-4-2-5-9/h1,3,6-7,9,15H,2,4-5H2. The molecule has 3 nitrogen and oxygen atoms in total. The SMILES string of the molecule is O=S(=O)(NC1CCC1)c1cccc(C(F)(F)F)c1. The Morgan fingerprint density at radius 1 is 1.22 bits per heavy atom. The van der Waals surface area contributed by atoms with Gasteiger partial charge in [0.2, 0.25) is 10.0 Å². The molecule has 1 aliphatic carbocycles. The van der Waals surface area contributed by atoms with Crippen LogP contribution in [-0.4, -0.2) is 14.5 Å². The van der Waals surface area contributed by atoms with E-state index in [0.717, 1.165) is 37.5 Å². The van der Waals surface area contributed by atoms with Crippen LogP contribution in [0.2, 0.25) is 0 Å². The van der Waals surface area contributed by atoms with E-state index in [-0.39, 0.29) is 10.9 Å². The van der Waals surface area contributed by atoms with E-state index < -0.39 is 21.8 Å². The molecule has 0 atom stereocenters. The molecule has 0 aromatic heterocycles. The Morgan fingerprint density at radius 3 is 2.39 bits per heavy atom. The molecule has 0 amide bonds. The maximum absolute atomic E-state index is 12.5. The quantitative estimate of drug-likeness (QED) is 0.924. The lowest BCUT2D eigenvalue weighted by molar-refractivity contribution is -0.137. The van der Waals surface area contributed by atoms with Crippen molar-refractivity contribution in [2.45, 2.75) is 36.4 Å². The van der Waals surface area contributed by atoms with Crippen LogP contribution < -0.4 is 4.72 Å². The second-order valence-corrected chi connectivity index (χ2v) is 5.99. The van der Waals surface area contributed by atoms with E-state index in [1.165, 1.54) is 0 Å². The predicted octanol–water partition coefficient (Wildman–Crippen LogP) is 2.54. The van der Waals surface area contributed by atoms with E-state index in [0.29, 0.717) is 6.07 Å². The molecule has 100 valence electrons. The van der Waals surface area contributed by atoms with E-state index in [2.05, 4.69) is 4.72 Å². The highest BCUT2D eigenvalue weighted by molar-refractivity contribution is 7.89. The zero-order valence-corrected chi connectivity index (χ0v) is 10.2. The van der Waals surface area contributed by atoms with Crippen molar-refractivity contribution in [3.05, 3.63) is 29.8 Å². The Labute approximate surface area is 103 Å². The molecule has 0 bridgehead atoms. The van der Waals surface area contributed by atoms with Crippen molar-refractivity contribution in [1.82, 2.24) is 4.72 Å². The van der Waals surface area contributed by atoms with Gasteiger partial charge in [0.1, 0.15) is 0 Å². The largest absolute Gasteiger partial charge is 0.416 e. The predicted molar refractivity (Wildman–Crippen MR) is 59.4 cm³/mol. The number of sulfonamides is 1.